The molecular weight excluding hydrogens is 434 g/mol. The Morgan fingerprint density at radius 2 is 1.57 bits per heavy atom. The molecule has 0 spiro atoms. The van der Waals surface area contributed by atoms with Crippen molar-refractivity contribution in [1.29, 1.82) is 0 Å². The molecule has 35 heavy (non-hydrogen) atoms. The lowest BCUT2D eigenvalue weighted by molar-refractivity contribution is -0.147. The summed E-state index contributed by atoms with van der Waals surface area (Å²) >= 11 is 0. The van der Waals surface area contributed by atoms with E-state index in [1.54, 1.807) is 0 Å². The molecule has 1 atom stereocenters. The van der Waals surface area contributed by atoms with Crippen molar-refractivity contribution in [2.45, 2.75) is 31.8 Å². The summed E-state index contributed by atoms with van der Waals surface area (Å²) in [5.74, 6) is -0.666. The minimum absolute atomic E-state index is 0.0634. The zero-order chi connectivity index (χ0) is 23.8. The standard InChI is InChI=1S/C31H25NO3/c33-30(24-18-17-22-11-4-5-12-23(22)19-24)32-27-15-7-6-13-25(27)29-26(14-8-16-28(29)32)31(34)35-20-21-9-2-1-3-10-21/h1-7,9-13,15,17-19,26H,8,14,16,20H2. The SMILES string of the molecule is O=C(OCc1ccccc1)C1CCCc2c1c1ccccc1n2C(=O)c1ccc2ccccc2c1. The van der Waals surface area contributed by atoms with Gasteiger partial charge in [0, 0.05) is 16.6 Å². The van der Waals surface area contributed by atoms with Crippen LogP contribution in [0, 0.1) is 0 Å². The van der Waals surface area contributed by atoms with E-state index in [0.29, 0.717) is 5.56 Å². The topological polar surface area (TPSA) is 48.3 Å². The normalized spacial score (nSPS) is 15.1. The molecule has 6 rings (SSSR count). The van der Waals surface area contributed by atoms with Gasteiger partial charge in [0.05, 0.1) is 11.4 Å². The molecule has 4 aromatic carbocycles. The lowest BCUT2D eigenvalue weighted by atomic mass is 9.85. The third-order valence-corrected chi connectivity index (χ3v) is 6.98. The van der Waals surface area contributed by atoms with Gasteiger partial charge < -0.3 is 4.74 Å². The van der Waals surface area contributed by atoms with Gasteiger partial charge in [0.2, 0.25) is 0 Å². The molecule has 0 bridgehead atoms. The minimum Gasteiger partial charge on any atom is -0.460 e. The molecular formula is C31H25NO3. The predicted octanol–water partition coefficient (Wildman–Crippen LogP) is 6.65. The molecule has 1 unspecified atom stereocenters. The summed E-state index contributed by atoms with van der Waals surface area (Å²) in [6.07, 6.45) is 2.31. The first-order valence-electron chi connectivity index (χ1n) is 12.1. The Bertz CT molecular complexity index is 1560. The number of esters is 1. The summed E-state index contributed by atoms with van der Waals surface area (Å²) in [6, 6.07) is 31.5. The quantitative estimate of drug-likeness (QED) is 0.283. The highest BCUT2D eigenvalue weighted by molar-refractivity contribution is 6.07. The molecule has 1 aromatic heterocycles. The van der Waals surface area contributed by atoms with Gasteiger partial charge in [-0.2, -0.15) is 0 Å². The highest BCUT2D eigenvalue weighted by Gasteiger charge is 2.34. The smallest absolute Gasteiger partial charge is 0.313 e. The fraction of sp³-hybridized carbons (Fsp3) is 0.161. The molecule has 1 aliphatic rings. The van der Waals surface area contributed by atoms with Gasteiger partial charge in [-0.05, 0) is 59.4 Å². The van der Waals surface area contributed by atoms with Crippen molar-refractivity contribution in [2.75, 3.05) is 0 Å². The number of hydrogen-bond acceptors (Lipinski definition) is 3. The lowest BCUT2D eigenvalue weighted by Gasteiger charge is -2.23. The number of hydrogen-bond donors (Lipinski definition) is 0. The Kier molecular flexibility index (Phi) is 5.42. The van der Waals surface area contributed by atoms with Gasteiger partial charge in [-0.1, -0.05) is 78.9 Å². The Morgan fingerprint density at radius 1 is 0.829 bits per heavy atom. The zero-order valence-corrected chi connectivity index (χ0v) is 19.3. The van der Waals surface area contributed by atoms with E-state index >= 15 is 0 Å². The molecule has 0 saturated carbocycles. The molecule has 0 amide bonds. The second-order valence-electron chi connectivity index (χ2n) is 9.12. The number of ether oxygens (including phenoxy) is 1. The van der Waals surface area contributed by atoms with E-state index in [4.69, 9.17) is 4.74 Å². The van der Waals surface area contributed by atoms with Crippen LogP contribution in [0.15, 0.2) is 97.1 Å². The minimum atomic E-state index is -0.377. The first-order chi connectivity index (χ1) is 17.2. The second kappa shape index (κ2) is 8.88. The largest absolute Gasteiger partial charge is 0.460 e. The molecule has 0 N–H and O–H groups in total. The van der Waals surface area contributed by atoms with Crippen LogP contribution in [0.1, 0.15) is 45.9 Å². The van der Waals surface area contributed by atoms with Gasteiger partial charge in [0.15, 0.2) is 0 Å². The number of nitrogens with zero attached hydrogens (tertiary/aromatic N) is 1. The first kappa shape index (κ1) is 21.4. The van der Waals surface area contributed by atoms with E-state index in [1.807, 2.05) is 102 Å². The average Bonchev–Trinajstić information content (AvgIpc) is 3.26. The zero-order valence-electron chi connectivity index (χ0n) is 19.3. The summed E-state index contributed by atoms with van der Waals surface area (Å²) in [5.41, 5.74) is 4.32. The maximum Gasteiger partial charge on any atom is 0.313 e. The lowest BCUT2D eigenvalue weighted by Crippen LogP contribution is -2.23. The average molecular weight is 460 g/mol. The highest BCUT2D eigenvalue weighted by Crippen LogP contribution is 2.40. The van der Waals surface area contributed by atoms with Crippen molar-refractivity contribution < 1.29 is 14.3 Å². The molecule has 0 saturated heterocycles. The van der Waals surface area contributed by atoms with Crippen LogP contribution in [-0.4, -0.2) is 16.4 Å². The van der Waals surface area contributed by atoms with Crippen molar-refractivity contribution in [3.63, 3.8) is 0 Å². The van der Waals surface area contributed by atoms with Crippen molar-refractivity contribution in [3.8, 4) is 0 Å². The van der Waals surface area contributed by atoms with Crippen molar-refractivity contribution in [2.24, 2.45) is 0 Å². The van der Waals surface area contributed by atoms with E-state index in [1.165, 1.54) is 0 Å². The summed E-state index contributed by atoms with van der Waals surface area (Å²) in [5, 5.41) is 3.09. The Morgan fingerprint density at radius 3 is 2.43 bits per heavy atom. The molecule has 1 heterocycles. The third kappa shape index (κ3) is 3.81. The van der Waals surface area contributed by atoms with Crippen molar-refractivity contribution >= 4 is 33.6 Å². The number of fused-ring (bicyclic) bond motifs is 4. The monoisotopic (exact) mass is 459 g/mol. The van der Waals surface area contributed by atoms with Crippen LogP contribution in [0.5, 0.6) is 0 Å². The summed E-state index contributed by atoms with van der Waals surface area (Å²) in [7, 11) is 0. The molecule has 0 radical (unpaired) electrons. The van der Waals surface area contributed by atoms with Crippen molar-refractivity contribution in [3.05, 3.63) is 119 Å². The van der Waals surface area contributed by atoms with E-state index < -0.39 is 0 Å². The van der Waals surface area contributed by atoms with Gasteiger partial charge in [-0.25, -0.2) is 0 Å². The first-order valence-corrected chi connectivity index (χ1v) is 12.1. The fourth-order valence-electron chi connectivity index (χ4n) is 5.32. The van der Waals surface area contributed by atoms with Crippen LogP contribution in [0.2, 0.25) is 0 Å². The number of carbonyl (C=O) groups excluding carboxylic acids is 2. The van der Waals surface area contributed by atoms with Gasteiger partial charge in [-0.15, -0.1) is 0 Å². The highest BCUT2D eigenvalue weighted by atomic mass is 16.5. The van der Waals surface area contributed by atoms with Crippen LogP contribution >= 0.6 is 0 Å². The molecule has 172 valence electrons. The molecule has 0 aliphatic heterocycles. The molecule has 4 nitrogen and oxygen atoms in total. The second-order valence-corrected chi connectivity index (χ2v) is 9.12. The van der Waals surface area contributed by atoms with E-state index in [-0.39, 0.29) is 24.4 Å². The van der Waals surface area contributed by atoms with Crippen LogP contribution < -0.4 is 0 Å². The Balaban J connectivity index is 1.41. The van der Waals surface area contributed by atoms with Crippen LogP contribution in [-0.2, 0) is 22.6 Å². The van der Waals surface area contributed by atoms with Crippen LogP contribution in [0.4, 0.5) is 0 Å². The Hall–Kier alpha value is -4.18. The maximum absolute atomic E-state index is 13.9. The van der Waals surface area contributed by atoms with Crippen LogP contribution in [0.3, 0.4) is 0 Å². The third-order valence-electron chi connectivity index (χ3n) is 6.98. The van der Waals surface area contributed by atoms with Gasteiger partial charge >= 0.3 is 5.97 Å². The summed E-state index contributed by atoms with van der Waals surface area (Å²) in [6.45, 7) is 0.250. The molecule has 0 fully saturated rings. The summed E-state index contributed by atoms with van der Waals surface area (Å²) < 4.78 is 7.57. The number of aromatic nitrogens is 1. The number of rotatable bonds is 4. The van der Waals surface area contributed by atoms with Crippen LogP contribution in [0.25, 0.3) is 21.7 Å². The van der Waals surface area contributed by atoms with E-state index in [9.17, 15) is 9.59 Å². The maximum atomic E-state index is 13.9. The molecule has 1 aliphatic carbocycles. The van der Waals surface area contributed by atoms with Gasteiger partial charge in [0.1, 0.15) is 6.61 Å². The molecule has 5 aromatic rings. The van der Waals surface area contributed by atoms with Gasteiger partial charge in [-0.3, -0.25) is 14.2 Å². The van der Waals surface area contributed by atoms with Gasteiger partial charge in [0.25, 0.3) is 5.91 Å². The molecule has 4 heteroatoms. The number of benzene rings is 4. The Labute approximate surface area is 203 Å². The number of para-hydroxylation sites is 1. The van der Waals surface area contributed by atoms with E-state index in [0.717, 1.165) is 57.8 Å². The summed E-state index contributed by atoms with van der Waals surface area (Å²) in [4.78, 5) is 27.1. The number of carbonyl (C=O) groups is 2. The van der Waals surface area contributed by atoms with E-state index in [2.05, 4.69) is 0 Å². The fourth-order valence-corrected chi connectivity index (χ4v) is 5.32. The predicted molar refractivity (Wildman–Crippen MR) is 138 cm³/mol. The van der Waals surface area contributed by atoms with Crippen molar-refractivity contribution in [1.82, 2.24) is 4.57 Å².